The number of amides is 1. The number of aliphatic hydroxyl groups excluding tert-OH is 1. The van der Waals surface area contributed by atoms with Crippen molar-refractivity contribution in [3.8, 4) is 0 Å². The number of ketones is 1. The molecule has 2 aromatic rings. The maximum Gasteiger partial charge on any atom is 0.354 e. The molecule has 8 nitrogen and oxygen atoms in total. The molecule has 3 N–H and O–H groups in total. The number of nitrogens with zero attached hydrogens (tertiary/aromatic N) is 1. The molecule has 136 valence electrons. The van der Waals surface area contributed by atoms with E-state index >= 15 is 0 Å². The van der Waals surface area contributed by atoms with Crippen molar-refractivity contribution in [1.29, 1.82) is 0 Å². The summed E-state index contributed by atoms with van der Waals surface area (Å²) in [6.07, 6.45) is 3.99. The van der Waals surface area contributed by atoms with Crippen LogP contribution in [0.4, 0.5) is 0 Å². The van der Waals surface area contributed by atoms with Gasteiger partial charge in [-0.05, 0) is 31.0 Å². The summed E-state index contributed by atoms with van der Waals surface area (Å²) in [7, 11) is 1.24. The second-order valence-corrected chi connectivity index (χ2v) is 5.55. The molecule has 0 fully saturated rings. The molecule has 1 amide bonds. The molecular weight excluding hydrogens is 338 g/mol. The molecule has 8 heteroatoms. The second kappa shape index (κ2) is 8.11. The Morgan fingerprint density at radius 1 is 1.35 bits per heavy atom. The molecule has 0 radical (unpaired) electrons. The zero-order valence-electron chi connectivity index (χ0n) is 14.6. The first kappa shape index (κ1) is 18.9. The molecule has 0 aliphatic heterocycles. The van der Waals surface area contributed by atoms with Crippen molar-refractivity contribution in [2.75, 3.05) is 7.11 Å². The van der Waals surface area contributed by atoms with Gasteiger partial charge in [-0.25, -0.2) is 4.79 Å². The first-order valence-electron chi connectivity index (χ1n) is 7.74. The number of H-pyrrole nitrogens is 1. The molecule has 0 aliphatic carbocycles. The third kappa shape index (κ3) is 4.15. The Labute approximate surface area is 149 Å². The molecule has 2 rings (SSSR count). The van der Waals surface area contributed by atoms with E-state index in [0.717, 1.165) is 11.6 Å². The molecule has 0 aromatic carbocycles. The number of pyridine rings is 1. The largest absolute Gasteiger partial charge is 0.507 e. The Morgan fingerprint density at radius 2 is 2.08 bits per heavy atom. The molecule has 2 heterocycles. The predicted molar refractivity (Wildman–Crippen MR) is 93.3 cm³/mol. The number of methoxy groups -OCH3 is 1. The van der Waals surface area contributed by atoms with Gasteiger partial charge in [-0.2, -0.15) is 0 Å². The number of aliphatic hydroxyl groups is 1. The normalized spacial score (nSPS) is 11.1. The van der Waals surface area contributed by atoms with E-state index in [1.54, 1.807) is 38.4 Å². The molecule has 0 aliphatic rings. The lowest BCUT2D eigenvalue weighted by atomic mass is 10.1. The number of ether oxygens (including phenoxy) is 1. The SMILES string of the molecule is COC(=O)c1[nH]c(C)c(/C(O)=C/C(=O)C(=O)NCc2cccnc2)c1C. The van der Waals surface area contributed by atoms with Crippen molar-refractivity contribution in [3.05, 3.63) is 58.7 Å². The number of nitrogens with one attached hydrogen (secondary N) is 2. The fourth-order valence-corrected chi connectivity index (χ4v) is 2.47. The Bertz CT molecular complexity index is 868. The van der Waals surface area contributed by atoms with Gasteiger partial charge in [0.1, 0.15) is 11.5 Å². The molecule has 26 heavy (non-hydrogen) atoms. The number of rotatable bonds is 6. The van der Waals surface area contributed by atoms with Crippen LogP contribution < -0.4 is 5.32 Å². The van der Waals surface area contributed by atoms with Crippen LogP contribution in [0.1, 0.15) is 32.9 Å². The number of aryl methyl sites for hydroxylation is 1. The van der Waals surface area contributed by atoms with Gasteiger partial charge in [0.25, 0.3) is 5.91 Å². The summed E-state index contributed by atoms with van der Waals surface area (Å²) in [4.78, 5) is 42.3. The van der Waals surface area contributed by atoms with Gasteiger partial charge in [0.2, 0.25) is 5.78 Å². The fraction of sp³-hybridized carbons (Fsp3) is 0.222. The highest BCUT2D eigenvalue weighted by Crippen LogP contribution is 2.24. The number of hydrogen-bond acceptors (Lipinski definition) is 6. The monoisotopic (exact) mass is 357 g/mol. The highest BCUT2D eigenvalue weighted by Gasteiger charge is 2.21. The van der Waals surface area contributed by atoms with E-state index in [4.69, 9.17) is 0 Å². The Hall–Kier alpha value is -3.42. The van der Waals surface area contributed by atoms with E-state index < -0.39 is 23.4 Å². The van der Waals surface area contributed by atoms with Gasteiger partial charge in [0.05, 0.1) is 7.11 Å². The minimum atomic E-state index is -0.911. The maximum atomic E-state index is 12.0. The van der Waals surface area contributed by atoms with Gasteiger partial charge in [-0.15, -0.1) is 0 Å². The summed E-state index contributed by atoms with van der Waals surface area (Å²) in [6, 6.07) is 3.47. The van der Waals surface area contributed by atoms with E-state index in [1.165, 1.54) is 7.11 Å². The molecule has 0 saturated carbocycles. The molecule has 2 aromatic heterocycles. The van der Waals surface area contributed by atoms with Crippen LogP contribution in [0.25, 0.3) is 5.76 Å². The summed E-state index contributed by atoms with van der Waals surface area (Å²) in [5.41, 5.74) is 2.08. The van der Waals surface area contributed by atoms with E-state index in [-0.39, 0.29) is 17.8 Å². The van der Waals surface area contributed by atoms with Gasteiger partial charge >= 0.3 is 5.97 Å². The number of esters is 1. The van der Waals surface area contributed by atoms with Crippen molar-refractivity contribution in [1.82, 2.24) is 15.3 Å². The number of aromatic amines is 1. The Kier molecular flexibility index (Phi) is 5.90. The van der Waals surface area contributed by atoms with Crippen molar-refractivity contribution in [2.45, 2.75) is 20.4 Å². The number of carbonyl (C=O) groups excluding carboxylic acids is 3. The van der Waals surface area contributed by atoms with Crippen molar-refractivity contribution in [2.24, 2.45) is 0 Å². The number of aromatic nitrogens is 2. The fourth-order valence-electron chi connectivity index (χ4n) is 2.47. The van der Waals surface area contributed by atoms with Crippen molar-refractivity contribution in [3.63, 3.8) is 0 Å². The first-order chi connectivity index (χ1) is 12.3. The van der Waals surface area contributed by atoms with E-state index in [9.17, 15) is 19.5 Å². The topological polar surface area (TPSA) is 121 Å². The summed E-state index contributed by atoms with van der Waals surface area (Å²) in [6.45, 7) is 3.37. The molecule has 0 bridgehead atoms. The number of carbonyl (C=O) groups is 3. The lowest BCUT2D eigenvalue weighted by molar-refractivity contribution is -0.135. The minimum absolute atomic E-state index is 0.141. The smallest absolute Gasteiger partial charge is 0.354 e. The zero-order valence-corrected chi connectivity index (χ0v) is 14.6. The summed E-state index contributed by atoms with van der Waals surface area (Å²) in [5.74, 6) is -2.77. The highest BCUT2D eigenvalue weighted by atomic mass is 16.5. The average Bonchev–Trinajstić information content (AvgIpc) is 2.94. The average molecular weight is 357 g/mol. The van der Waals surface area contributed by atoms with Gasteiger partial charge in [0.15, 0.2) is 0 Å². The van der Waals surface area contributed by atoms with Gasteiger partial charge in [-0.1, -0.05) is 6.07 Å². The van der Waals surface area contributed by atoms with Crippen LogP contribution in [0.3, 0.4) is 0 Å². The third-order valence-electron chi connectivity index (χ3n) is 3.75. The van der Waals surface area contributed by atoms with Gasteiger partial charge < -0.3 is 20.1 Å². The van der Waals surface area contributed by atoms with E-state index in [1.807, 2.05) is 0 Å². The molecule has 0 spiro atoms. The Morgan fingerprint density at radius 3 is 2.69 bits per heavy atom. The van der Waals surface area contributed by atoms with E-state index in [0.29, 0.717) is 11.3 Å². The van der Waals surface area contributed by atoms with Crippen LogP contribution >= 0.6 is 0 Å². The van der Waals surface area contributed by atoms with Crippen LogP contribution in [-0.4, -0.2) is 39.8 Å². The molecule has 0 unspecified atom stereocenters. The summed E-state index contributed by atoms with van der Waals surface area (Å²) >= 11 is 0. The third-order valence-corrected chi connectivity index (χ3v) is 3.75. The van der Waals surface area contributed by atoms with Crippen molar-refractivity contribution >= 4 is 23.4 Å². The summed E-state index contributed by atoms with van der Waals surface area (Å²) < 4.78 is 4.65. The minimum Gasteiger partial charge on any atom is -0.507 e. The van der Waals surface area contributed by atoms with Crippen LogP contribution in [0.15, 0.2) is 30.6 Å². The molecule has 0 atom stereocenters. The summed E-state index contributed by atoms with van der Waals surface area (Å²) in [5, 5.41) is 12.7. The first-order valence-corrected chi connectivity index (χ1v) is 7.74. The van der Waals surface area contributed by atoms with E-state index in [2.05, 4.69) is 20.0 Å². The van der Waals surface area contributed by atoms with Gasteiger partial charge in [-0.3, -0.25) is 14.6 Å². The van der Waals surface area contributed by atoms with Crippen molar-refractivity contribution < 1.29 is 24.2 Å². The van der Waals surface area contributed by atoms with Crippen LogP contribution in [0, 0.1) is 13.8 Å². The predicted octanol–water partition coefficient (Wildman–Crippen LogP) is 1.60. The number of hydrogen-bond donors (Lipinski definition) is 3. The quantitative estimate of drug-likeness (QED) is 0.312. The van der Waals surface area contributed by atoms with Gasteiger partial charge in [0, 0.05) is 36.3 Å². The Balaban J connectivity index is 2.13. The van der Waals surface area contributed by atoms with Crippen LogP contribution in [-0.2, 0) is 20.9 Å². The standard InChI is InChI=1S/C18H19N3O5/c1-10-15(11(2)21-16(10)18(25)26-3)13(22)7-14(23)17(24)20-9-12-5-4-6-19-8-12/h4-8,21-22H,9H2,1-3H3,(H,20,24)/b13-7-. The lowest BCUT2D eigenvalue weighted by Gasteiger charge is -2.04. The van der Waals surface area contributed by atoms with Crippen LogP contribution in [0.5, 0.6) is 0 Å². The highest BCUT2D eigenvalue weighted by molar-refractivity contribution is 6.41. The second-order valence-electron chi connectivity index (χ2n) is 5.55. The lowest BCUT2D eigenvalue weighted by Crippen LogP contribution is -2.29. The molecular formula is C18H19N3O5. The molecule has 0 saturated heterocycles. The van der Waals surface area contributed by atoms with Crippen LogP contribution in [0.2, 0.25) is 0 Å². The maximum absolute atomic E-state index is 12.0. The zero-order chi connectivity index (χ0) is 19.3.